The fraction of sp³-hybridized carbons (Fsp3) is 0.588. The Labute approximate surface area is 121 Å². The summed E-state index contributed by atoms with van der Waals surface area (Å²) in [6.45, 7) is 2.27. The van der Waals surface area contributed by atoms with Crippen molar-refractivity contribution in [1.29, 1.82) is 5.26 Å². The average Bonchev–Trinajstić information content (AvgIpc) is 2.49. The molecule has 0 amide bonds. The molecule has 1 saturated carbocycles. The molecular weight excluding hydrogens is 250 g/mol. The molecule has 0 atom stereocenters. The van der Waals surface area contributed by atoms with Crippen LogP contribution < -0.4 is 0 Å². The topological polar surface area (TPSA) is 23.8 Å². The van der Waals surface area contributed by atoms with Crippen molar-refractivity contribution in [3.05, 3.63) is 30.3 Å². The van der Waals surface area contributed by atoms with Crippen LogP contribution in [0.2, 0.25) is 0 Å². The number of nitriles is 1. The van der Waals surface area contributed by atoms with E-state index in [1.54, 1.807) is 0 Å². The van der Waals surface area contributed by atoms with E-state index >= 15 is 0 Å². The third-order valence-electron chi connectivity index (χ3n) is 4.47. The van der Waals surface area contributed by atoms with Gasteiger partial charge in [-0.2, -0.15) is 5.26 Å². The number of nitrogens with zero attached hydrogens (tertiary/aromatic N) is 1. The Balaban J connectivity index is 1.82. The molecule has 2 rings (SSSR count). The summed E-state index contributed by atoms with van der Waals surface area (Å²) in [5, 5.41) is 9.54. The lowest BCUT2D eigenvalue weighted by Crippen LogP contribution is -2.26. The second kappa shape index (κ2) is 7.01. The summed E-state index contributed by atoms with van der Waals surface area (Å²) in [6.07, 6.45) is 7.04. The Hall–Kier alpha value is -0.940. The van der Waals surface area contributed by atoms with Crippen LogP contribution in [0.25, 0.3) is 0 Å². The fourth-order valence-corrected chi connectivity index (χ4v) is 4.02. The normalized spacial score (nSPS) is 26.8. The molecule has 1 aliphatic carbocycles. The van der Waals surface area contributed by atoms with Gasteiger partial charge >= 0.3 is 0 Å². The molecule has 1 fully saturated rings. The second-order valence-corrected chi connectivity index (χ2v) is 6.82. The maximum atomic E-state index is 9.54. The molecule has 0 bridgehead atoms. The zero-order valence-corrected chi connectivity index (χ0v) is 12.6. The number of hydrogen-bond donors (Lipinski definition) is 0. The SMILES string of the molecule is CCC1CCC(C#N)(CCSc2ccccc2)CC1. The Morgan fingerprint density at radius 1 is 1.26 bits per heavy atom. The minimum atomic E-state index is -0.0343. The van der Waals surface area contributed by atoms with Crippen LogP contribution in [0.1, 0.15) is 45.4 Å². The molecule has 1 aliphatic rings. The van der Waals surface area contributed by atoms with Gasteiger partial charge in [0.05, 0.1) is 11.5 Å². The first-order chi connectivity index (χ1) is 9.28. The van der Waals surface area contributed by atoms with E-state index in [2.05, 4.69) is 37.3 Å². The van der Waals surface area contributed by atoms with Crippen molar-refractivity contribution < 1.29 is 0 Å². The van der Waals surface area contributed by atoms with Crippen molar-refractivity contribution in [3.63, 3.8) is 0 Å². The van der Waals surface area contributed by atoms with E-state index < -0.39 is 0 Å². The minimum Gasteiger partial charge on any atom is -0.198 e. The van der Waals surface area contributed by atoms with Gasteiger partial charge in [0.2, 0.25) is 0 Å². The highest BCUT2D eigenvalue weighted by atomic mass is 32.2. The Bertz CT molecular complexity index is 413. The highest BCUT2D eigenvalue weighted by Gasteiger charge is 2.34. The number of hydrogen-bond acceptors (Lipinski definition) is 2. The highest BCUT2D eigenvalue weighted by molar-refractivity contribution is 7.99. The summed E-state index contributed by atoms with van der Waals surface area (Å²) in [7, 11) is 0. The summed E-state index contributed by atoms with van der Waals surface area (Å²) >= 11 is 1.88. The maximum absolute atomic E-state index is 9.54. The smallest absolute Gasteiger partial charge is 0.0690 e. The quantitative estimate of drug-likeness (QED) is 0.681. The molecule has 0 radical (unpaired) electrons. The van der Waals surface area contributed by atoms with Gasteiger partial charge < -0.3 is 0 Å². The third kappa shape index (κ3) is 4.01. The summed E-state index contributed by atoms with van der Waals surface area (Å²) in [6, 6.07) is 13.1. The van der Waals surface area contributed by atoms with Crippen LogP contribution in [0.5, 0.6) is 0 Å². The van der Waals surface area contributed by atoms with Crippen LogP contribution in [-0.4, -0.2) is 5.75 Å². The molecule has 0 aliphatic heterocycles. The Morgan fingerprint density at radius 2 is 1.95 bits per heavy atom. The predicted molar refractivity (Wildman–Crippen MR) is 82.1 cm³/mol. The van der Waals surface area contributed by atoms with Crippen molar-refractivity contribution in [2.24, 2.45) is 11.3 Å². The molecule has 102 valence electrons. The highest BCUT2D eigenvalue weighted by Crippen LogP contribution is 2.43. The van der Waals surface area contributed by atoms with Crippen LogP contribution in [-0.2, 0) is 0 Å². The molecule has 0 unspecified atom stereocenters. The van der Waals surface area contributed by atoms with E-state index in [1.165, 1.54) is 24.2 Å². The van der Waals surface area contributed by atoms with Crippen molar-refractivity contribution in [2.75, 3.05) is 5.75 Å². The molecule has 0 aromatic heterocycles. The molecule has 1 aromatic rings. The van der Waals surface area contributed by atoms with Gasteiger partial charge in [-0.05, 0) is 55.9 Å². The van der Waals surface area contributed by atoms with Crippen LogP contribution >= 0.6 is 11.8 Å². The van der Waals surface area contributed by atoms with Gasteiger partial charge in [0.25, 0.3) is 0 Å². The molecule has 0 spiro atoms. The Morgan fingerprint density at radius 3 is 2.53 bits per heavy atom. The van der Waals surface area contributed by atoms with E-state index in [0.717, 1.165) is 30.9 Å². The van der Waals surface area contributed by atoms with Gasteiger partial charge in [0.15, 0.2) is 0 Å². The molecule has 0 heterocycles. The van der Waals surface area contributed by atoms with Crippen molar-refractivity contribution >= 4 is 11.8 Å². The summed E-state index contributed by atoms with van der Waals surface area (Å²) in [5.41, 5.74) is -0.0343. The largest absolute Gasteiger partial charge is 0.198 e. The number of rotatable bonds is 5. The monoisotopic (exact) mass is 273 g/mol. The van der Waals surface area contributed by atoms with Gasteiger partial charge in [0.1, 0.15) is 0 Å². The molecule has 0 saturated heterocycles. The van der Waals surface area contributed by atoms with Crippen LogP contribution in [0.3, 0.4) is 0 Å². The molecule has 0 N–H and O–H groups in total. The average molecular weight is 273 g/mol. The maximum Gasteiger partial charge on any atom is 0.0690 e. The summed E-state index contributed by atoms with van der Waals surface area (Å²) in [5.74, 6) is 1.93. The Kier molecular flexibility index (Phi) is 5.34. The third-order valence-corrected chi connectivity index (χ3v) is 5.48. The molecule has 1 nitrogen and oxygen atoms in total. The zero-order chi connectivity index (χ0) is 13.6. The lowest BCUT2D eigenvalue weighted by atomic mass is 9.69. The standard InChI is InChI=1S/C17H23NS/c1-2-15-8-10-17(14-18,11-9-15)12-13-19-16-6-4-3-5-7-16/h3-7,15H,2,8-13H2,1H3. The first kappa shape index (κ1) is 14.5. The van der Waals surface area contributed by atoms with Gasteiger partial charge in [-0.25, -0.2) is 0 Å². The van der Waals surface area contributed by atoms with E-state index in [9.17, 15) is 5.26 Å². The van der Waals surface area contributed by atoms with Crippen molar-refractivity contribution in [2.45, 2.75) is 50.3 Å². The van der Waals surface area contributed by atoms with Crippen LogP contribution in [0, 0.1) is 22.7 Å². The van der Waals surface area contributed by atoms with E-state index in [-0.39, 0.29) is 5.41 Å². The number of thioether (sulfide) groups is 1. The molecule has 2 heteroatoms. The van der Waals surface area contributed by atoms with E-state index in [4.69, 9.17) is 0 Å². The lowest BCUT2D eigenvalue weighted by Gasteiger charge is -2.34. The summed E-state index contributed by atoms with van der Waals surface area (Å²) in [4.78, 5) is 1.32. The van der Waals surface area contributed by atoms with Crippen molar-refractivity contribution in [1.82, 2.24) is 0 Å². The number of benzene rings is 1. The first-order valence-corrected chi connectivity index (χ1v) is 8.36. The van der Waals surface area contributed by atoms with E-state index in [0.29, 0.717) is 0 Å². The predicted octanol–water partition coefficient (Wildman–Crippen LogP) is 5.28. The van der Waals surface area contributed by atoms with Crippen LogP contribution in [0.4, 0.5) is 0 Å². The van der Waals surface area contributed by atoms with Crippen molar-refractivity contribution in [3.8, 4) is 6.07 Å². The molecule has 19 heavy (non-hydrogen) atoms. The lowest BCUT2D eigenvalue weighted by molar-refractivity contribution is 0.202. The van der Waals surface area contributed by atoms with Crippen LogP contribution in [0.15, 0.2) is 35.2 Å². The van der Waals surface area contributed by atoms with E-state index in [1.807, 2.05) is 17.8 Å². The summed E-state index contributed by atoms with van der Waals surface area (Å²) < 4.78 is 0. The second-order valence-electron chi connectivity index (χ2n) is 5.66. The zero-order valence-electron chi connectivity index (χ0n) is 11.8. The molecular formula is C17H23NS. The minimum absolute atomic E-state index is 0.0343. The first-order valence-electron chi connectivity index (χ1n) is 7.37. The van der Waals surface area contributed by atoms with Gasteiger partial charge in [-0.15, -0.1) is 11.8 Å². The van der Waals surface area contributed by atoms with Gasteiger partial charge in [-0.3, -0.25) is 0 Å². The van der Waals surface area contributed by atoms with Gasteiger partial charge in [0, 0.05) is 4.90 Å². The van der Waals surface area contributed by atoms with Gasteiger partial charge in [-0.1, -0.05) is 31.5 Å². The molecule has 1 aromatic carbocycles. The fourth-order valence-electron chi connectivity index (χ4n) is 2.94.